The average molecular weight is 273 g/mol. The second kappa shape index (κ2) is 5.02. The Morgan fingerprint density at radius 2 is 1.70 bits per heavy atom. The standard InChI is InChI=1S/C16H23N3O/c17-16-13-3-1-2-4-15(13)20-11-14(16)19-9-7-18(8-10-19)12-5-6-12/h1-4,12,14,16H,5-11,17H2. The molecule has 20 heavy (non-hydrogen) atoms. The molecule has 0 spiro atoms. The van der Waals surface area contributed by atoms with Crippen molar-refractivity contribution in [1.29, 1.82) is 0 Å². The summed E-state index contributed by atoms with van der Waals surface area (Å²) in [6, 6.07) is 9.48. The molecule has 0 bridgehead atoms. The van der Waals surface area contributed by atoms with Gasteiger partial charge in [-0.3, -0.25) is 9.80 Å². The van der Waals surface area contributed by atoms with Crippen molar-refractivity contribution < 1.29 is 4.74 Å². The summed E-state index contributed by atoms with van der Waals surface area (Å²) in [5, 5.41) is 0. The molecule has 2 fully saturated rings. The number of fused-ring (bicyclic) bond motifs is 1. The molecule has 1 aliphatic carbocycles. The molecule has 3 aliphatic rings. The molecule has 2 heterocycles. The summed E-state index contributed by atoms with van der Waals surface area (Å²) in [7, 11) is 0. The van der Waals surface area contributed by atoms with E-state index in [9.17, 15) is 0 Å². The first-order valence-corrected chi connectivity index (χ1v) is 7.78. The number of para-hydroxylation sites is 1. The van der Waals surface area contributed by atoms with Gasteiger partial charge in [-0.1, -0.05) is 18.2 Å². The third kappa shape index (κ3) is 2.22. The smallest absolute Gasteiger partial charge is 0.124 e. The molecule has 2 N–H and O–H groups in total. The average Bonchev–Trinajstić information content (AvgIpc) is 3.33. The molecule has 1 saturated carbocycles. The third-order valence-electron chi connectivity index (χ3n) is 4.98. The van der Waals surface area contributed by atoms with Gasteiger partial charge in [-0.2, -0.15) is 0 Å². The lowest BCUT2D eigenvalue weighted by Gasteiger charge is -2.43. The Morgan fingerprint density at radius 1 is 1.00 bits per heavy atom. The molecule has 4 heteroatoms. The number of hydrogen-bond acceptors (Lipinski definition) is 4. The van der Waals surface area contributed by atoms with Crippen molar-refractivity contribution in [3.63, 3.8) is 0 Å². The first kappa shape index (κ1) is 12.6. The summed E-state index contributed by atoms with van der Waals surface area (Å²) in [6.45, 7) is 5.35. The van der Waals surface area contributed by atoms with Crippen LogP contribution in [0.1, 0.15) is 24.4 Å². The van der Waals surface area contributed by atoms with Gasteiger partial charge in [0.05, 0.1) is 12.1 Å². The number of nitrogens with two attached hydrogens (primary N) is 1. The van der Waals surface area contributed by atoms with E-state index >= 15 is 0 Å². The largest absolute Gasteiger partial charge is 0.492 e. The van der Waals surface area contributed by atoms with E-state index in [-0.39, 0.29) is 6.04 Å². The second-order valence-electron chi connectivity index (χ2n) is 6.25. The van der Waals surface area contributed by atoms with E-state index in [1.54, 1.807) is 0 Å². The second-order valence-corrected chi connectivity index (χ2v) is 6.25. The van der Waals surface area contributed by atoms with E-state index in [0.29, 0.717) is 6.04 Å². The van der Waals surface area contributed by atoms with Gasteiger partial charge in [0, 0.05) is 37.8 Å². The van der Waals surface area contributed by atoms with Crippen LogP contribution in [-0.2, 0) is 0 Å². The van der Waals surface area contributed by atoms with E-state index in [1.165, 1.54) is 25.9 Å². The van der Waals surface area contributed by atoms with E-state index in [1.807, 2.05) is 12.1 Å². The summed E-state index contributed by atoms with van der Waals surface area (Å²) >= 11 is 0. The van der Waals surface area contributed by atoms with Crippen LogP contribution in [0.15, 0.2) is 24.3 Å². The molecule has 0 radical (unpaired) electrons. The van der Waals surface area contributed by atoms with Crippen LogP contribution in [-0.4, -0.2) is 54.7 Å². The van der Waals surface area contributed by atoms with Crippen molar-refractivity contribution >= 4 is 0 Å². The molecule has 2 unspecified atom stereocenters. The fourth-order valence-corrected chi connectivity index (χ4v) is 3.58. The zero-order valence-electron chi connectivity index (χ0n) is 11.9. The number of ether oxygens (including phenoxy) is 1. The van der Waals surface area contributed by atoms with Crippen LogP contribution in [0.3, 0.4) is 0 Å². The quantitative estimate of drug-likeness (QED) is 0.880. The minimum absolute atomic E-state index is 0.0763. The van der Waals surface area contributed by atoms with Gasteiger partial charge in [-0.05, 0) is 18.9 Å². The van der Waals surface area contributed by atoms with Crippen LogP contribution in [0.2, 0.25) is 0 Å². The first-order chi connectivity index (χ1) is 9.83. The molecule has 108 valence electrons. The van der Waals surface area contributed by atoms with Crippen LogP contribution in [0.4, 0.5) is 0 Å². The summed E-state index contributed by atoms with van der Waals surface area (Å²) in [6.07, 6.45) is 2.80. The highest BCUT2D eigenvalue weighted by molar-refractivity contribution is 5.38. The molecule has 1 aromatic carbocycles. The molecule has 4 rings (SSSR count). The third-order valence-corrected chi connectivity index (χ3v) is 4.98. The van der Waals surface area contributed by atoms with Crippen molar-refractivity contribution in [2.75, 3.05) is 32.8 Å². The monoisotopic (exact) mass is 273 g/mol. The van der Waals surface area contributed by atoms with Crippen molar-refractivity contribution in [3.8, 4) is 5.75 Å². The van der Waals surface area contributed by atoms with Crippen LogP contribution in [0, 0.1) is 0 Å². The van der Waals surface area contributed by atoms with Crippen molar-refractivity contribution in [1.82, 2.24) is 9.80 Å². The van der Waals surface area contributed by atoms with Gasteiger partial charge >= 0.3 is 0 Å². The molecular formula is C16H23N3O. The first-order valence-electron chi connectivity index (χ1n) is 7.78. The Labute approximate surface area is 120 Å². The van der Waals surface area contributed by atoms with E-state index in [4.69, 9.17) is 10.5 Å². The number of benzene rings is 1. The van der Waals surface area contributed by atoms with Crippen molar-refractivity contribution in [3.05, 3.63) is 29.8 Å². The zero-order chi connectivity index (χ0) is 13.5. The summed E-state index contributed by atoms with van der Waals surface area (Å²) < 4.78 is 5.91. The predicted molar refractivity (Wildman–Crippen MR) is 78.8 cm³/mol. The highest BCUT2D eigenvalue weighted by Crippen LogP contribution is 2.33. The number of piperazine rings is 1. The maximum atomic E-state index is 6.49. The molecular weight excluding hydrogens is 250 g/mol. The van der Waals surface area contributed by atoms with Gasteiger partial charge in [0.25, 0.3) is 0 Å². The van der Waals surface area contributed by atoms with Gasteiger partial charge in [0.2, 0.25) is 0 Å². The van der Waals surface area contributed by atoms with Crippen LogP contribution < -0.4 is 10.5 Å². The van der Waals surface area contributed by atoms with Crippen LogP contribution in [0.5, 0.6) is 5.75 Å². The minimum Gasteiger partial charge on any atom is -0.492 e. The maximum Gasteiger partial charge on any atom is 0.124 e. The molecule has 0 amide bonds. The van der Waals surface area contributed by atoms with Gasteiger partial charge in [-0.15, -0.1) is 0 Å². The van der Waals surface area contributed by atoms with Gasteiger partial charge in [0.15, 0.2) is 0 Å². The lowest BCUT2D eigenvalue weighted by Crippen LogP contribution is -2.56. The summed E-state index contributed by atoms with van der Waals surface area (Å²) in [5.74, 6) is 0.966. The van der Waals surface area contributed by atoms with Crippen LogP contribution in [0.25, 0.3) is 0 Å². The van der Waals surface area contributed by atoms with E-state index in [2.05, 4.69) is 21.9 Å². The zero-order valence-corrected chi connectivity index (χ0v) is 11.9. The van der Waals surface area contributed by atoms with Gasteiger partial charge < -0.3 is 10.5 Å². The predicted octanol–water partition coefficient (Wildman–Crippen LogP) is 1.23. The van der Waals surface area contributed by atoms with E-state index in [0.717, 1.165) is 37.1 Å². The van der Waals surface area contributed by atoms with Crippen molar-refractivity contribution in [2.45, 2.75) is 31.0 Å². The fraction of sp³-hybridized carbons (Fsp3) is 0.625. The fourth-order valence-electron chi connectivity index (χ4n) is 3.58. The Morgan fingerprint density at radius 3 is 2.45 bits per heavy atom. The van der Waals surface area contributed by atoms with E-state index < -0.39 is 0 Å². The van der Waals surface area contributed by atoms with Gasteiger partial charge in [-0.25, -0.2) is 0 Å². The molecule has 2 aliphatic heterocycles. The summed E-state index contributed by atoms with van der Waals surface area (Å²) in [5.41, 5.74) is 7.65. The minimum atomic E-state index is 0.0763. The van der Waals surface area contributed by atoms with Crippen molar-refractivity contribution in [2.24, 2.45) is 5.73 Å². The van der Waals surface area contributed by atoms with Gasteiger partial charge in [0.1, 0.15) is 12.4 Å². The Bertz CT molecular complexity index is 480. The molecule has 0 aromatic heterocycles. The SMILES string of the molecule is NC1c2ccccc2OCC1N1CCN(C2CC2)CC1. The Kier molecular flexibility index (Phi) is 3.17. The summed E-state index contributed by atoms with van der Waals surface area (Å²) in [4.78, 5) is 5.17. The number of rotatable bonds is 2. The number of nitrogens with zero attached hydrogens (tertiary/aromatic N) is 2. The molecule has 1 saturated heterocycles. The van der Waals surface area contributed by atoms with Crippen LogP contribution >= 0.6 is 0 Å². The molecule has 2 atom stereocenters. The Hall–Kier alpha value is -1.10. The molecule has 4 nitrogen and oxygen atoms in total. The topological polar surface area (TPSA) is 41.7 Å². The Balaban J connectivity index is 1.45. The lowest BCUT2D eigenvalue weighted by atomic mass is 9.95. The highest BCUT2D eigenvalue weighted by atomic mass is 16.5. The molecule has 1 aromatic rings. The maximum absolute atomic E-state index is 6.49. The lowest BCUT2D eigenvalue weighted by molar-refractivity contribution is 0.0470. The number of hydrogen-bond donors (Lipinski definition) is 1. The highest BCUT2D eigenvalue weighted by Gasteiger charge is 2.36. The normalized spacial score (nSPS) is 31.6.